The molecular formula is C10H14OS2. The maximum Gasteiger partial charge on any atom is 0.0916 e. The van der Waals surface area contributed by atoms with Gasteiger partial charge in [0, 0.05) is 5.25 Å². The zero-order valence-corrected chi connectivity index (χ0v) is 9.11. The molecule has 1 aliphatic heterocycles. The quantitative estimate of drug-likeness (QED) is 0.816. The van der Waals surface area contributed by atoms with Crippen LogP contribution >= 0.6 is 23.1 Å². The van der Waals surface area contributed by atoms with Crippen LogP contribution in [-0.2, 0) is 0 Å². The first-order chi connectivity index (χ1) is 6.38. The van der Waals surface area contributed by atoms with Crippen LogP contribution in [0.1, 0.15) is 30.9 Å². The molecule has 0 aliphatic carbocycles. The molecule has 1 fully saturated rings. The van der Waals surface area contributed by atoms with Crippen molar-refractivity contribution >= 4 is 23.1 Å². The highest BCUT2D eigenvalue weighted by atomic mass is 32.2. The van der Waals surface area contributed by atoms with Crippen molar-refractivity contribution < 1.29 is 5.11 Å². The van der Waals surface area contributed by atoms with Gasteiger partial charge in [0.2, 0.25) is 0 Å². The Bertz CT molecular complexity index is 239. The normalized spacial score (nSPS) is 25.8. The van der Waals surface area contributed by atoms with Crippen LogP contribution in [0.2, 0.25) is 0 Å². The zero-order chi connectivity index (χ0) is 9.10. The van der Waals surface area contributed by atoms with Crippen molar-refractivity contribution in [2.45, 2.75) is 30.6 Å². The van der Waals surface area contributed by atoms with Gasteiger partial charge in [-0.15, -0.1) is 0 Å². The summed E-state index contributed by atoms with van der Waals surface area (Å²) >= 11 is 3.59. The molecule has 0 amide bonds. The highest BCUT2D eigenvalue weighted by Gasteiger charge is 2.23. The lowest BCUT2D eigenvalue weighted by Crippen LogP contribution is -2.18. The van der Waals surface area contributed by atoms with Gasteiger partial charge in [0.05, 0.1) is 6.10 Å². The Morgan fingerprint density at radius 3 is 3.00 bits per heavy atom. The molecule has 0 saturated carbocycles. The van der Waals surface area contributed by atoms with E-state index in [1.807, 2.05) is 23.2 Å². The van der Waals surface area contributed by atoms with Crippen molar-refractivity contribution in [3.05, 3.63) is 22.4 Å². The molecule has 13 heavy (non-hydrogen) atoms. The summed E-state index contributed by atoms with van der Waals surface area (Å²) in [5.74, 6) is 1.21. The molecular weight excluding hydrogens is 200 g/mol. The second-order valence-electron chi connectivity index (χ2n) is 3.41. The lowest BCUT2D eigenvalue weighted by Gasteiger charge is -2.25. The van der Waals surface area contributed by atoms with E-state index in [1.54, 1.807) is 11.3 Å². The van der Waals surface area contributed by atoms with Gasteiger partial charge >= 0.3 is 0 Å². The molecule has 1 nitrogen and oxygen atoms in total. The maximum absolute atomic E-state index is 10.0. The number of thiophene rings is 1. The van der Waals surface area contributed by atoms with Crippen LogP contribution in [0.5, 0.6) is 0 Å². The number of aliphatic hydroxyl groups is 1. The number of hydrogen-bond donors (Lipinski definition) is 1. The van der Waals surface area contributed by atoms with Crippen molar-refractivity contribution in [2.24, 2.45) is 0 Å². The third kappa shape index (κ3) is 2.27. The van der Waals surface area contributed by atoms with E-state index in [0.29, 0.717) is 5.25 Å². The molecule has 0 aromatic carbocycles. The molecule has 1 aromatic heterocycles. The van der Waals surface area contributed by atoms with Crippen molar-refractivity contribution in [3.8, 4) is 0 Å². The van der Waals surface area contributed by atoms with E-state index in [2.05, 4.69) is 5.38 Å². The van der Waals surface area contributed by atoms with E-state index in [1.165, 1.54) is 25.0 Å². The number of hydrogen-bond acceptors (Lipinski definition) is 3. The Hall–Kier alpha value is 0.01000. The van der Waals surface area contributed by atoms with Crippen LogP contribution in [-0.4, -0.2) is 16.1 Å². The fourth-order valence-electron chi connectivity index (χ4n) is 1.67. The van der Waals surface area contributed by atoms with Crippen LogP contribution in [0.15, 0.2) is 16.8 Å². The summed E-state index contributed by atoms with van der Waals surface area (Å²) in [6.07, 6.45) is 3.52. The summed E-state index contributed by atoms with van der Waals surface area (Å²) in [6.45, 7) is 0. The highest BCUT2D eigenvalue weighted by molar-refractivity contribution is 7.99. The lowest BCUT2D eigenvalue weighted by molar-refractivity contribution is 0.169. The maximum atomic E-state index is 10.0. The van der Waals surface area contributed by atoms with Crippen molar-refractivity contribution in [1.82, 2.24) is 0 Å². The van der Waals surface area contributed by atoms with E-state index in [9.17, 15) is 5.11 Å². The van der Waals surface area contributed by atoms with Gasteiger partial charge in [-0.25, -0.2) is 0 Å². The van der Waals surface area contributed by atoms with Crippen LogP contribution in [0, 0.1) is 0 Å². The van der Waals surface area contributed by atoms with Crippen LogP contribution < -0.4 is 0 Å². The minimum atomic E-state index is -0.239. The third-order valence-corrected chi connectivity index (χ3v) is 4.60. The van der Waals surface area contributed by atoms with E-state index in [-0.39, 0.29) is 6.10 Å². The molecule has 72 valence electrons. The molecule has 2 heterocycles. The molecule has 2 atom stereocenters. The molecule has 0 radical (unpaired) electrons. The van der Waals surface area contributed by atoms with Crippen LogP contribution in [0.25, 0.3) is 0 Å². The summed E-state index contributed by atoms with van der Waals surface area (Å²) in [7, 11) is 0. The minimum Gasteiger partial charge on any atom is -0.387 e. The summed E-state index contributed by atoms with van der Waals surface area (Å²) in [4.78, 5) is 0. The molecule has 0 spiro atoms. The predicted octanol–water partition coefficient (Wildman–Crippen LogP) is 3.07. The Labute approximate surface area is 87.2 Å². The first-order valence-electron chi connectivity index (χ1n) is 4.69. The molecule has 1 saturated heterocycles. The van der Waals surface area contributed by atoms with E-state index < -0.39 is 0 Å². The minimum absolute atomic E-state index is 0.239. The SMILES string of the molecule is OC(c1ccsc1)C1CCCCS1. The van der Waals surface area contributed by atoms with E-state index in [0.717, 1.165) is 5.56 Å². The largest absolute Gasteiger partial charge is 0.387 e. The second kappa shape index (κ2) is 4.49. The predicted molar refractivity (Wildman–Crippen MR) is 59.4 cm³/mol. The van der Waals surface area contributed by atoms with Gasteiger partial charge in [0.25, 0.3) is 0 Å². The van der Waals surface area contributed by atoms with E-state index in [4.69, 9.17) is 0 Å². The average Bonchev–Trinajstić information content (AvgIpc) is 2.71. The summed E-state index contributed by atoms with van der Waals surface area (Å²) in [6, 6.07) is 2.03. The molecule has 2 unspecified atom stereocenters. The number of aliphatic hydroxyl groups excluding tert-OH is 1. The fourth-order valence-corrected chi connectivity index (χ4v) is 3.71. The van der Waals surface area contributed by atoms with Crippen LogP contribution in [0.3, 0.4) is 0 Å². The molecule has 0 bridgehead atoms. The molecule has 2 rings (SSSR count). The van der Waals surface area contributed by atoms with Gasteiger partial charge in [-0.3, -0.25) is 0 Å². The monoisotopic (exact) mass is 214 g/mol. The standard InChI is InChI=1S/C10H14OS2/c11-10(8-4-6-12-7-8)9-3-1-2-5-13-9/h4,6-7,9-11H,1-3,5H2. The van der Waals surface area contributed by atoms with Gasteiger partial charge in [0.1, 0.15) is 0 Å². The Balaban J connectivity index is 1.99. The van der Waals surface area contributed by atoms with Gasteiger partial charge in [-0.1, -0.05) is 6.42 Å². The summed E-state index contributed by atoms with van der Waals surface area (Å²) < 4.78 is 0. The summed E-state index contributed by atoms with van der Waals surface area (Å²) in [5, 5.41) is 14.5. The number of rotatable bonds is 2. The van der Waals surface area contributed by atoms with E-state index >= 15 is 0 Å². The molecule has 3 heteroatoms. The van der Waals surface area contributed by atoms with Gasteiger partial charge < -0.3 is 5.11 Å². The van der Waals surface area contributed by atoms with Gasteiger partial charge in [-0.2, -0.15) is 23.1 Å². The zero-order valence-electron chi connectivity index (χ0n) is 7.48. The summed E-state index contributed by atoms with van der Waals surface area (Å²) in [5.41, 5.74) is 1.10. The van der Waals surface area contributed by atoms with Crippen molar-refractivity contribution in [2.75, 3.05) is 5.75 Å². The molecule has 1 N–H and O–H groups in total. The topological polar surface area (TPSA) is 20.2 Å². The third-order valence-electron chi connectivity index (χ3n) is 2.45. The first kappa shape index (κ1) is 9.56. The second-order valence-corrected chi connectivity index (χ2v) is 5.53. The Kier molecular flexibility index (Phi) is 3.30. The highest BCUT2D eigenvalue weighted by Crippen LogP contribution is 2.35. The van der Waals surface area contributed by atoms with Gasteiger partial charge in [0.15, 0.2) is 0 Å². The first-order valence-corrected chi connectivity index (χ1v) is 6.69. The van der Waals surface area contributed by atoms with Crippen molar-refractivity contribution in [1.29, 1.82) is 0 Å². The molecule has 1 aromatic rings. The number of thioether (sulfide) groups is 1. The smallest absolute Gasteiger partial charge is 0.0916 e. The lowest BCUT2D eigenvalue weighted by atomic mass is 10.1. The Morgan fingerprint density at radius 2 is 2.38 bits per heavy atom. The van der Waals surface area contributed by atoms with Crippen molar-refractivity contribution in [3.63, 3.8) is 0 Å². The van der Waals surface area contributed by atoms with Crippen LogP contribution in [0.4, 0.5) is 0 Å². The van der Waals surface area contributed by atoms with Gasteiger partial charge in [-0.05, 0) is 41.0 Å². The molecule has 1 aliphatic rings. The Morgan fingerprint density at radius 1 is 1.46 bits per heavy atom. The average molecular weight is 214 g/mol. The fraction of sp³-hybridized carbons (Fsp3) is 0.600.